The number of ether oxygens (including phenoxy) is 1. The number of alkyl halides is 3. The van der Waals surface area contributed by atoms with Gasteiger partial charge in [0.1, 0.15) is 17.4 Å². The van der Waals surface area contributed by atoms with Crippen LogP contribution in [0.4, 0.5) is 29.3 Å². The van der Waals surface area contributed by atoms with Gasteiger partial charge in [0.25, 0.3) is 0 Å². The molecule has 2 fully saturated rings. The summed E-state index contributed by atoms with van der Waals surface area (Å²) < 4.78 is 61.6. The summed E-state index contributed by atoms with van der Waals surface area (Å²) >= 11 is 0. The summed E-state index contributed by atoms with van der Waals surface area (Å²) in [4.78, 5) is 25.3. The topological polar surface area (TPSA) is 76.4 Å². The quantitative estimate of drug-likeness (QED) is 0.324. The summed E-state index contributed by atoms with van der Waals surface area (Å²) in [5.41, 5.74) is 1.22. The van der Waals surface area contributed by atoms with E-state index in [0.29, 0.717) is 30.1 Å². The lowest BCUT2D eigenvalue weighted by Crippen LogP contribution is -2.43. The minimum absolute atomic E-state index is 0.0677. The number of piperidine rings is 1. The summed E-state index contributed by atoms with van der Waals surface area (Å²) in [5, 5.41) is 3.77. The van der Waals surface area contributed by atoms with Crippen molar-refractivity contribution in [2.24, 2.45) is 17.8 Å². The van der Waals surface area contributed by atoms with Crippen LogP contribution >= 0.6 is 0 Å². The summed E-state index contributed by atoms with van der Waals surface area (Å²) in [5.74, 6) is 2.24. The first-order valence-electron chi connectivity index (χ1n) is 14.5. The van der Waals surface area contributed by atoms with Gasteiger partial charge in [-0.15, -0.1) is 0 Å². The van der Waals surface area contributed by atoms with E-state index >= 15 is 0 Å². The van der Waals surface area contributed by atoms with E-state index in [9.17, 15) is 22.4 Å². The molecule has 3 aliphatic rings. The van der Waals surface area contributed by atoms with Gasteiger partial charge in [-0.05, 0) is 74.0 Å². The highest BCUT2D eigenvalue weighted by atomic mass is 19.4. The van der Waals surface area contributed by atoms with Crippen molar-refractivity contribution in [1.29, 1.82) is 0 Å². The van der Waals surface area contributed by atoms with E-state index in [1.165, 1.54) is 35.7 Å². The van der Waals surface area contributed by atoms with Gasteiger partial charge in [0.05, 0.1) is 19.2 Å². The van der Waals surface area contributed by atoms with Gasteiger partial charge >= 0.3 is 6.18 Å². The number of halogens is 4. The second kappa shape index (κ2) is 11.5. The van der Waals surface area contributed by atoms with Crippen LogP contribution in [0.2, 0.25) is 0 Å². The van der Waals surface area contributed by atoms with Crippen molar-refractivity contribution in [3.63, 3.8) is 0 Å². The lowest BCUT2D eigenvalue weighted by atomic mass is 9.90. The highest BCUT2D eigenvalue weighted by molar-refractivity contribution is 5.94. The van der Waals surface area contributed by atoms with Crippen LogP contribution in [-0.2, 0) is 11.2 Å². The zero-order valence-electron chi connectivity index (χ0n) is 23.4. The van der Waals surface area contributed by atoms with Crippen molar-refractivity contribution in [1.82, 2.24) is 19.7 Å². The molecule has 3 atom stereocenters. The molecule has 0 N–H and O–H groups in total. The second-order valence-corrected chi connectivity index (χ2v) is 11.6. The zero-order chi connectivity index (χ0) is 29.4. The third-order valence-electron chi connectivity index (χ3n) is 8.82. The molecule has 6 rings (SSSR count). The molecule has 2 aliphatic heterocycles. The van der Waals surface area contributed by atoms with E-state index in [-0.39, 0.29) is 30.8 Å². The van der Waals surface area contributed by atoms with Crippen molar-refractivity contribution >= 4 is 17.7 Å². The first kappa shape index (κ1) is 28.4. The molecule has 12 heteroatoms. The maximum atomic E-state index is 14.9. The largest absolute Gasteiger partial charge is 0.493 e. The second-order valence-electron chi connectivity index (χ2n) is 11.6. The summed E-state index contributed by atoms with van der Waals surface area (Å²) in [7, 11) is 0. The average Bonchev–Trinajstić information content (AvgIpc) is 3.57. The number of hydrogen-bond donors (Lipinski definition) is 0. The Labute approximate surface area is 241 Å². The van der Waals surface area contributed by atoms with Gasteiger partial charge in [-0.25, -0.2) is 19.0 Å². The van der Waals surface area contributed by atoms with E-state index in [4.69, 9.17) is 4.74 Å². The van der Waals surface area contributed by atoms with Crippen LogP contribution in [0.1, 0.15) is 49.3 Å². The first-order chi connectivity index (χ1) is 20.2. The predicted octanol–water partition coefficient (Wildman–Crippen LogP) is 5.53. The lowest BCUT2D eigenvalue weighted by molar-refractivity contribution is -0.172. The Bertz CT molecular complexity index is 1400. The fraction of sp³-hybridized carbons (Fsp3) is 0.533. The molecule has 0 radical (unpaired) electrons. The molecule has 8 nitrogen and oxygen atoms in total. The molecule has 1 saturated heterocycles. The molecule has 0 bridgehead atoms. The van der Waals surface area contributed by atoms with Crippen molar-refractivity contribution in [2.45, 2.75) is 57.7 Å². The van der Waals surface area contributed by atoms with E-state index in [0.717, 1.165) is 48.5 Å². The summed E-state index contributed by atoms with van der Waals surface area (Å²) in [6, 6.07) is 4.01. The monoisotopic (exact) mass is 586 g/mol. The van der Waals surface area contributed by atoms with Gasteiger partial charge < -0.3 is 9.64 Å². The normalized spacial score (nSPS) is 22.6. The number of carbonyl (C=O) groups excluding carboxylic acids is 1. The maximum Gasteiger partial charge on any atom is 0.410 e. The molecule has 1 unspecified atom stereocenters. The maximum absolute atomic E-state index is 14.9. The highest BCUT2D eigenvalue weighted by Crippen LogP contribution is 2.50. The molecule has 0 spiro atoms. The number of anilines is 2. The van der Waals surface area contributed by atoms with Gasteiger partial charge in [-0.1, -0.05) is 6.07 Å². The molecule has 224 valence electrons. The van der Waals surface area contributed by atoms with Gasteiger partial charge in [0.2, 0.25) is 11.9 Å². The molecule has 1 amide bonds. The Kier molecular flexibility index (Phi) is 7.80. The number of benzene rings is 1. The standard InChI is InChI=1S/C30H34F4N6O2/c1-19-17-35-29(36-18-19)38-10-5-20(6-11-38)24-14-21(24)8-13-42-23-3-2-22(25(31)16-23)15-28(41)39-12-7-26(30(32,33)34)40-27(39)4-9-37-40/h2-4,9,16-18,20-21,24,26H,5-8,10-15H2,1H3/t21-,24-,26?/m1/s1. The van der Waals surface area contributed by atoms with Crippen molar-refractivity contribution in [2.75, 3.05) is 36.0 Å². The smallest absolute Gasteiger partial charge is 0.410 e. The van der Waals surface area contributed by atoms with Gasteiger partial charge in [-0.3, -0.25) is 9.69 Å². The van der Waals surface area contributed by atoms with Crippen LogP contribution in [0.15, 0.2) is 42.9 Å². The summed E-state index contributed by atoms with van der Waals surface area (Å²) in [6.45, 7) is 4.30. The van der Waals surface area contributed by atoms with E-state index < -0.39 is 23.9 Å². The van der Waals surface area contributed by atoms with Crippen LogP contribution in [0.3, 0.4) is 0 Å². The number of rotatable bonds is 8. The van der Waals surface area contributed by atoms with Gasteiger partial charge in [0, 0.05) is 44.2 Å². The van der Waals surface area contributed by atoms with Crippen LogP contribution in [-0.4, -0.2) is 58.1 Å². The number of aryl methyl sites for hydroxylation is 1. The number of carbonyl (C=O) groups is 1. The van der Waals surface area contributed by atoms with Crippen LogP contribution in [0, 0.1) is 30.5 Å². The lowest BCUT2D eigenvalue weighted by Gasteiger charge is -2.34. The molecular formula is C30H34F4N6O2. The first-order valence-corrected chi connectivity index (χ1v) is 14.5. The zero-order valence-corrected chi connectivity index (χ0v) is 23.4. The average molecular weight is 587 g/mol. The molecule has 4 heterocycles. The predicted molar refractivity (Wildman–Crippen MR) is 148 cm³/mol. The Morgan fingerprint density at radius 3 is 2.55 bits per heavy atom. The fourth-order valence-corrected chi connectivity index (χ4v) is 6.41. The van der Waals surface area contributed by atoms with Crippen LogP contribution in [0.25, 0.3) is 0 Å². The van der Waals surface area contributed by atoms with Crippen LogP contribution in [0.5, 0.6) is 5.75 Å². The van der Waals surface area contributed by atoms with Crippen molar-refractivity contribution < 1.29 is 27.1 Å². The van der Waals surface area contributed by atoms with Gasteiger partial charge in [0.15, 0.2) is 6.04 Å². The molecule has 1 aromatic carbocycles. The molecular weight excluding hydrogens is 552 g/mol. The highest BCUT2D eigenvalue weighted by Gasteiger charge is 2.46. The number of hydrogen-bond acceptors (Lipinski definition) is 6. The third kappa shape index (κ3) is 6.07. The van der Waals surface area contributed by atoms with E-state index in [1.807, 2.05) is 19.3 Å². The van der Waals surface area contributed by atoms with Crippen molar-refractivity contribution in [3.05, 3.63) is 59.8 Å². The number of amides is 1. The third-order valence-corrected chi connectivity index (χ3v) is 8.82. The van der Waals surface area contributed by atoms with Crippen LogP contribution < -0.4 is 14.5 Å². The van der Waals surface area contributed by atoms with E-state index in [2.05, 4.69) is 20.0 Å². The number of aromatic nitrogens is 4. The van der Waals surface area contributed by atoms with E-state index in [1.54, 1.807) is 6.07 Å². The Hall–Kier alpha value is -3.70. The summed E-state index contributed by atoms with van der Waals surface area (Å²) in [6.07, 6.45) is 4.28. The molecule has 3 aromatic rings. The van der Waals surface area contributed by atoms with Gasteiger partial charge in [-0.2, -0.15) is 18.3 Å². The fourth-order valence-electron chi connectivity index (χ4n) is 6.41. The molecule has 42 heavy (non-hydrogen) atoms. The Morgan fingerprint density at radius 2 is 1.83 bits per heavy atom. The molecule has 1 aliphatic carbocycles. The number of fused-ring (bicyclic) bond motifs is 1. The SMILES string of the molecule is Cc1cnc(N2CCC([C@H]3C[C@H]3CCOc3ccc(CC(=O)N4CCC(C(F)(F)F)n5nccc54)c(F)c3)CC2)nc1. The Balaban J connectivity index is 0.952. The minimum Gasteiger partial charge on any atom is -0.493 e. The molecule has 1 saturated carbocycles. The number of nitrogens with zero attached hydrogens (tertiary/aromatic N) is 6. The van der Waals surface area contributed by atoms with Crippen molar-refractivity contribution in [3.8, 4) is 5.75 Å². The Morgan fingerprint density at radius 1 is 1.07 bits per heavy atom. The molecule has 2 aromatic heterocycles. The minimum atomic E-state index is -4.46.